The van der Waals surface area contributed by atoms with Gasteiger partial charge in [0.15, 0.2) is 18.1 Å². The minimum atomic E-state index is -0.608. The number of carbonyl (C=O) groups is 2. The quantitative estimate of drug-likeness (QED) is 0.740. The number of fused-ring (bicyclic) bond motifs is 1. The van der Waals surface area contributed by atoms with E-state index in [2.05, 4.69) is 5.16 Å². The highest BCUT2D eigenvalue weighted by Gasteiger charge is 2.25. The van der Waals surface area contributed by atoms with Crippen molar-refractivity contribution in [1.29, 1.82) is 0 Å². The maximum atomic E-state index is 12.5. The number of amides is 1. The van der Waals surface area contributed by atoms with E-state index in [0.717, 1.165) is 11.1 Å². The average molecular weight is 374 g/mol. The van der Waals surface area contributed by atoms with Crippen LogP contribution in [0.15, 0.2) is 16.7 Å². The first kappa shape index (κ1) is 18.8. The van der Waals surface area contributed by atoms with Gasteiger partial charge in [-0.2, -0.15) is 0 Å². The standard InChI is InChI=1S/C19H22N2O6/c1-11-18(12(2)27-20-11)19(23)26-10-17(22)21-6-5-13-7-15(24-3)16(25-4)8-14(13)9-21/h7-8H,5-6,9-10H2,1-4H3. The Bertz CT molecular complexity index is 854. The molecule has 2 heterocycles. The lowest BCUT2D eigenvalue weighted by Crippen LogP contribution is -2.38. The predicted molar refractivity (Wildman–Crippen MR) is 94.9 cm³/mol. The summed E-state index contributed by atoms with van der Waals surface area (Å²) in [7, 11) is 3.17. The molecular weight excluding hydrogens is 352 g/mol. The van der Waals surface area contributed by atoms with E-state index < -0.39 is 5.97 Å². The van der Waals surface area contributed by atoms with Gasteiger partial charge in [0.05, 0.1) is 19.9 Å². The molecule has 0 unspecified atom stereocenters. The van der Waals surface area contributed by atoms with Crippen LogP contribution < -0.4 is 9.47 Å². The molecular formula is C19H22N2O6. The number of rotatable bonds is 5. The van der Waals surface area contributed by atoms with Crippen molar-refractivity contribution in [3.63, 3.8) is 0 Å². The van der Waals surface area contributed by atoms with Gasteiger partial charge in [-0.05, 0) is 43.5 Å². The normalized spacial score (nSPS) is 13.1. The minimum Gasteiger partial charge on any atom is -0.493 e. The zero-order valence-corrected chi connectivity index (χ0v) is 15.8. The highest BCUT2D eigenvalue weighted by atomic mass is 16.5. The van der Waals surface area contributed by atoms with Gasteiger partial charge in [0.1, 0.15) is 11.3 Å². The van der Waals surface area contributed by atoms with Crippen LogP contribution in [0.25, 0.3) is 0 Å². The molecule has 1 aromatic heterocycles. The molecule has 0 fully saturated rings. The van der Waals surface area contributed by atoms with E-state index in [0.29, 0.717) is 42.5 Å². The summed E-state index contributed by atoms with van der Waals surface area (Å²) in [6.07, 6.45) is 0.694. The fourth-order valence-corrected chi connectivity index (χ4v) is 3.16. The van der Waals surface area contributed by atoms with Crippen LogP contribution in [0.5, 0.6) is 11.5 Å². The molecule has 2 aromatic rings. The van der Waals surface area contributed by atoms with Gasteiger partial charge < -0.3 is 23.6 Å². The molecule has 8 heteroatoms. The van der Waals surface area contributed by atoms with Crippen LogP contribution >= 0.6 is 0 Å². The third-order valence-corrected chi connectivity index (χ3v) is 4.63. The number of aromatic nitrogens is 1. The Morgan fingerprint density at radius 2 is 1.81 bits per heavy atom. The highest BCUT2D eigenvalue weighted by Crippen LogP contribution is 2.33. The third-order valence-electron chi connectivity index (χ3n) is 4.63. The topological polar surface area (TPSA) is 91.1 Å². The minimum absolute atomic E-state index is 0.254. The Hall–Kier alpha value is -3.03. The first-order chi connectivity index (χ1) is 12.9. The number of hydrogen-bond donors (Lipinski definition) is 0. The van der Waals surface area contributed by atoms with E-state index in [1.807, 2.05) is 12.1 Å². The number of methoxy groups -OCH3 is 2. The third kappa shape index (κ3) is 3.74. The number of benzene rings is 1. The van der Waals surface area contributed by atoms with Crippen molar-refractivity contribution in [3.05, 3.63) is 40.3 Å². The summed E-state index contributed by atoms with van der Waals surface area (Å²) in [5, 5.41) is 3.72. The molecule has 0 saturated carbocycles. The van der Waals surface area contributed by atoms with Crippen molar-refractivity contribution in [2.75, 3.05) is 27.4 Å². The second-order valence-corrected chi connectivity index (χ2v) is 6.32. The molecule has 0 N–H and O–H groups in total. The lowest BCUT2D eigenvalue weighted by atomic mass is 9.99. The van der Waals surface area contributed by atoms with Crippen molar-refractivity contribution >= 4 is 11.9 Å². The Morgan fingerprint density at radius 1 is 1.15 bits per heavy atom. The molecule has 1 amide bonds. The maximum Gasteiger partial charge on any atom is 0.344 e. The molecule has 0 aliphatic carbocycles. The fourth-order valence-electron chi connectivity index (χ4n) is 3.16. The van der Waals surface area contributed by atoms with Crippen LogP contribution in [0, 0.1) is 13.8 Å². The average Bonchev–Trinajstić information content (AvgIpc) is 3.02. The van der Waals surface area contributed by atoms with Gasteiger partial charge in [-0.15, -0.1) is 0 Å². The molecule has 3 rings (SSSR count). The lowest BCUT2D eigenvalue weighted by Gasteiger charge is -2.29. The molecule has 0 saturated heterocycles. The Balaban J connectivity index is 1.65. The molecule has 0 radical (unpaired) electrons. The summed E-state index contributed by atoms with van der Waals surface area (Å²) in [6, 6.07) is 3.82. The van der Waals surface area contributed by atoms with Gasteiger partial charge in [-0.25, -0.2) is 4.79 Å². The highest BCUT2D eigenvalue weighted by molar-refractivity contribution is 5.93. The van der Waals surface area contributed by atoms with Gasteiger partial charge >= 0.3 is 5.97 Å². The van der Waals surface area contributed by atoms with Gasteiger partial charge in [0.2, 0.25) is 0 Å². The second-order valence-electron chi connectivity index (χ2n) is 6.32. The van der Waals surface area contributed by atoms with Crippen LogP contribution in [0.4, 0.5) is 0 Å². The summed E-state index contributed by atoms with van der Waals surface area (Å²) >= 11 is 0. The first-order valence-corrected chi connectivity index (χ1v) is 8.56. The molecule has 8 nitrogen and oxygen atoms in total. The molecule has 1 aliphatic rings. The largest absolute Gasteiger partial charge is 0.493 e. The Morgan fingerprint density at radius 3 is 2.41 bits per heavy atom. The first-order valence-electron chi connectivity index (χ1n) is 8.56. The zero-order chi connectivity index (χ0) is 19.6. The van der Waals surface area contributed by atoms with E-state index in [4.69, 9.17) is 18.7 Å². The van der Waals surface area contributed by atoms with Crippen LogP contribution in [0.3, 0.4) is 0 Å². The van der Waals surface area contributed by atoms with Crippen LogP contribution in [-0.4, -0.2) is 49.3 Å². The summed E-state index contributed by atoms with van der Waals surface area (Å²) in [5.74, 6) is 0.802. The zero-order valence-electron chi connectivity index (χ0n) is 15.8. The van der Waals surface area contributed by atoms with E-state index in [9.17, 15) is 9.59 Å². The molecule has 1 aromatic carbocycles. The van der Waals surface area contributed by atoms with Crippen molar-refractivity contribution in [2.24, 2.45) is 0 Å². The number of esters is 1. The number of nitrogens with zero attached hydrogens (tertiary/aromatic N) is 2. The monoisotopic (exact) mass is 374 g/mol. The van der Waals surface area contributed by atoms with Crippen molar-refractivity contribution in [3.8, 4) is 11.5 Å². The van der Waals surface area contributed by atoms with Gasteiger partial charge in [0, 0.05) is 13.1 Å². The summed E-state index contributed by atoms with van der Waals surface area (Å²) < 4.78 is 20.8. The van der Waals surface area contributed by atoms with E-state index in [1.165, 1.54) is 0 Å². The molecule has 144 valence electrons. The number of hydrogen-bond acceptors (Lipinski definition) is 7. The van der Waals surface area contributed by atoms with Gasteiger partial charge in [0.25, 0.3) is 5.91 Å². The number of ether oxygens (including phenoxy) is 3. The molecule has 27 heavy (non-hydrogen) atoms. The molecule has 0 spiro atoms. The smallest absolute Gasteiger partial charge is 0.344 e. The predicted octanol–water partition coefficient (Wildman–Crippen LogP) is 2.05. The molecule has 1 aliphatic heterocycles. The van der Waals surface area contributed by atoms with E-state index in [1.54, 1.807) is 33.0 Å². The van der Waals surface area contributed by atoms with Crippen LogP contribution in [0.2, 0.25) is 0 Å². The van der Waals surface area contributed by atoms with Crippen molar-refractivity contribution in [1.82, 2.24) is 10.1 Å². The lowest BCUT2D eigenvalue weighted by molar-refractivity contribution is -0.135. The second kappa shape index (κ2) is 7.69. The van der Waals surface area contributed by atoms with Crippen molar-refractivity contribution in [2.45, 2.75) is 26.8 Å². The van der Waals surface area contributed by atoms with Crippen LogP contribution in [-0.2, 0) is 22.5 Å². The molecule has 0 atom stereocenters. The summed E-state index contributed by atoms with van der Waals surface area (Å²) in [4.78, 5) is 26.3. The maximum absolute atomic E-state index is 12.5. The molecule has 0 bridgehead atoms. The SMILES string of the molecule is COc1cc2c(cc1OC)CN(C(=O)COC(=O)c1c(C)noc1C)CC2. The Labute approximate surface area is 157 Å². The fraction of sp³-hybridized carbons (Fsp3) is 0.421. The Kier molecular flexibility index (Phi) is 5.34. The van der Waals surface area contributed by atoms with Crippen molar-refractivity contribution < 1.29 is 28.3 Å². The number of carbonyl (C=O) groups excluding carboxylic acids is 2. The summed E-state index contributed by atoms with van der Waals surface area (Å²) in [5.41, 5.74) is 2.82. The summed E-state index contributed by atoms with van der Waals surface area (Å²) in [6.45, 7) is 3.92. The van der Waals surface area contributed by atoms with E-state index >= 15 is 0 Å². The van der Waals surface area contributed by atoms with Gasteiger partial charge in [-0.3, -0.25) is 4.79 Å². The van der Waals surface area contributed by atoms with E-state index in [-0.39, 0.29) is 18.1 Å². The number of aryl methyl sites for hydroxylation is 2. The van der Waals surface area contributed by atoms with Gasteiger partial charge in [-0.1, -0.05) is 5.16 Å². The van der Waals surface area contributed by atoms with Crippen LogP contribution in [0.1, 0.15) is 32.9 Å².